The maximum atomic E-state index is 5.98. The van der Waals surface area contributed by atoms with Crippen LogP contribution in [-0.4, -0.2) is 77.0 Å². The van der Waals surface area contributed by atoms with Crippen molar-refractivity contribution in [2.45, 2.75) is 6.54 Å². The van der Waals surface area contributed by atoms with Crippen LogP contribution in [0.5, 0.6) is 5.75 Å². The molecule has 0 spiro atoms. The standard InChI is InChI=1S/C28H32N8O2/c1-30-18-23(16-29)22-4-2-21(3-5-22)17-31-27-15-25(33-20-34-27)26-19-32-28-14-24(6-7-36(26)28)38-13-10-35-8-11-37-12-9-35/h2-7,14-16,18-20H,8-13,17,29H2,1H3,(H,31,33,34). The quantitative estimate of drug-likeness (QED) is 0.312. The van der Waals surface area contributed by atoms with Gasteiger partial charge in [0.25, 0.3) is 0 Å². The van der Waals surface area contributed by atoms with Crippen LogP contribution in [0, 0.1) is 0 Å². The molecule has 0 atom stereocenters. The maximum Gasteiger partial charge on any atom is 0.140 e. The minimum atomic E-state index is 0.624. The smallest absolute Gasteiger partial charge is 0.140 e. The number of allylic oxidation sites excluding steroid dienone is 1. The number of hydrogen-bond donors (Lipinski definition) is 2. The third-order valence-corrected chi connectivity index (χ3v) is 6.40. The van der Waals surface area contributed by atoms with Gasteiger partial charge < -0.3 is 20.5 Å². The van der Waals surface area contributed by atoms with Gasteiger partial charge in [-0.2, -0.15) is 0 Å². The third-order valence-electron chi connectivity index (χ3n) is 6.40. The summed E-state index contributed by atoms with van der Waals surface area (Å²) < 4.78 is 13.4. The van der Waals surface area contributed by atoms with E-state index in [0.29, 0.717) is 13.2 Å². The zero-order valence-electron chi connectivity index (χ0n) is 21.5. The zero-order chi connectivity index (χ0) is 26.2. The predicted octanol–water partition coefficient (Wildman–Crippen LogP) is 3.11. The highest BCUT2D eigenvalue weighted by Crippen LogP contribution is 2.23. The van der Waals surface area contributed by atoms with Crippen molar-refractivity contribution in [3.63, 3.8) is 0 Å². The lowest BCUT2D eigenvalue weighted by Crippen LogP contribution is -2.38. The third kappa shape index (κ3) is 6.16. The Bertz CT molecular complexity index is 1410. The number of nitrogens with zero attached hydrogens (tertiary/aromatic N) is 6. The van der Waals surface area contributed by atoms with E-state index in [4.69, 9.17) is 15.2 Å². The Kier molecular flexibility index (Phi) is 8.22. The fourth-order valence-electron chi connectivity index (χ4n) is 4.31. The average Bonchev–Trinajstić information content (AvgIpc) is 3.39. The van der Waals surface area contributed by atoms with Crippen LogP contribution in [0.2, 0.25) is 0 Å². The van der Waals surface area contributed by atoms with Crippen LogP contribution < -0.4 is 15.8 Å². The number of benzene rings is 1. The zero-order valence-corrected chi connectivity index (χ0v) is 21.5. The van der Waals surface area contributed by atoms with Crippen molar-refractivity contribution in [1.29, 1.82) is 0 Å². The summed E-state index contributed by atoms with van der Waals surface area (Å²) in [5.74, 6) is 1.53. The summed E-state index contributed by atoms with van der Waals surface area (Å²) in [7, 11) is 1.73. The molecule has 0 aliphatic carbocycles. The van der Waals surface area contributed by atoms with Crippen molar-refractivity contribution in [1.82, 2.24) is 24.3 Å². The van der Waals surface area contributed by atoms with E-state index in [-0.39, 0.29) is 0 Å². The second kappa shape index (κ2) is 12.3. The lowest BCUT2D eigenvalue weighted by atomic mass is 10.1. The Morgan fingerprint density at radius 1 is 1.13 bits per heavy atom. The van der Waals surface area contributed by atoms with Crippen molar-refractivity contribution in [2.24, 2.45) is 10.7 Å². The lowest BCUT2D eigenvalue weighted by molar-refractivity contribution is 0.0322. The Labute approximate surface area is 221 Å². The fraction of sp³-hybridized carbons (Fsp3) is 0.286. The summed E-state index contributed by atoms with van der Waals surface area (Å²) in [4.78, 5) is 19.8. The highest BCUT2D eigenvalue weighted by atomic mass is 16.5. The molecular formula is C28H32N8O2. The van der Waals surface area contributed by atoms with E-state index in [1.807, 2.05) is 47.1 Å². The number of anilines is 1. The molecule has 0 bridgehead atoms. The number of aliphatic imine (C=N–C) groups is 1. The molecule has 1 saturated heterocycles. The Morgan fingerprint density at radius 3 is 2.76 bits per heavy atom. The number of ether oxygens (including phenoxy) is 2. The van der Waals surface area contributed by atoms with Crippen molar-refractivity contribution >= 4 is 23.3 Å². The Balaban J connectivity index is 1.22. The molecule has 0 saturated carbocycles. The van der Waals surface area contributed by atoms with Crippen LogP contribution in [0.25, 0.3) is 22.6 Å². The SMILES string of the molecule is CN=CC(=CN)c1ccc(CNc2cc(-c3cnc4cc(OCCN5CCOCC5)ccn34)ncn2)cc1. The number of hydrogen-bond acceptors (Lipinski definition) is 9. The summed E-state index contributed by atoms with van der Waals surface area (Å²) in [6.45, 7) is 5.63. The van der Waals surface area contributed by atoms with Gasteiger partial charge in [-0.3, -0.25) is 14.3 Å². The molecule has 0 amide bonds. The number of pyridine rings is 1. The van der Waals surface area contributed by atoms with Gasteiger partial charge in [-0.05, 0) is 17.2 Å². The number of imidazole rings is 1. The van der Waals surface area contributed by atoms with Gasteiger partial charge in [0.15, 0.2) is 0 Å². The van der Waals surface area contributed by atoms with Gasteiger partial charge in [-0.25, -0.2) is 15.0 Å². The van der Waals surface area contributed by atoms with Gasteiger partial charge >= 0.3 is 0 Å². The van der Waals surface area contributed by atoms with Crippen LogP contribution in [0.1, 0.15) is 11.1 Å². The molecule has 1 aromatic carbocycles. The first-order valence-corrected chi connectivity index (χ1v) is 12.6. The summed E-state index contributed by atoms with van der Waals surface area (Å²) in [5.41, 5.74) is 11.2. The first-order valence-electron chi connectivity index (χ1n) is 12.6. The number of aromatic nitrogens is 4. The molecule has 196 valence electrons. The topological polar surface area (TPSA) is 115 Å². The number of nitrogens with two attached hydrogens (primary N) is 1. The van der Waals surface area contributed by atoms with E-state index >= 15 is 0 Å². The van der Waals surface area contributed by atoms with E-state index in [2.05, 4.69) is 42.3 Å². The molecule has 4 aromatic rings. The highest BCUT2D eigenvalue weighted by Gasteiger charge is 2.12. The van der Waals surface area contributed by atoms with Crippen molar-refractivity contribution in [3.05, 3.63) is 78.5 Å². The molecule has 5 rings (SSSR count). The summed E-state index contributed by atoms with van der Waals surface area (Å²) >= 11 is 0. The number of nitrogens with one attached hydrogen (secondary N) is 1. The molecule has 38 heavy (non-hydrogen) atoms. The predicted molar refractivity (Wildman–Crippen MR) is 149 cm³/mol. The molecule has 0 unspecified atom stereocenters. The van der Waals surface area contributed by atoms with Gasteiger partial charge in [0, 0.05) is 69.5 Å². The van der Waals surface area contributed by atoms with Gasteiger partial charge in [0.2, 0.25) is 0 Å². The Hall–Kier alpha value is -4.28. The van der Waals surface area contributed by atoms with Gasteiger partial charge in [0.05, 0.1) is 30.8 Å². The molecule has 10 nitrogen and oxygen atoms in total. The van der Waals surface area contributed by atoms with Crippen LogP contribution in [0.4, 0.5) is 5.82 Å². The second-order valence-corrected chi connectivity index (χ2v) is 8.88. The number of fused-ring (bicyclic) bond motifs is 1. The van der Waals surface area contributed by atoms with Crippen molar-refractivity contribution in [2.75, 3.05) is 51.8 Å². The Morgan fingerprint density at radius 2 is 1.97 bits per heavy atom. The van der Waals surface area contributed by atoms with Crippen molar-refractivity contribution in [3.8, 4) is 17.1 Å². The summed E-state index contributed by atoms with van der Waals surface area (Å²) in [5, 5.41) is 3.38. The first kappa shape index (κ1) is 25.4. The number of morpholine rings is 1. The molecule has 3 N–H and O–H groups in total. The molecule has 1 aliphatic heterocycles. The van der Waals surface area contributed by atoms with E-state index < -0.39 is 0 Å². The molecule has 3 aromatic heterocycles. The summed E-state index contributed by atoms with van der Waals surface area (Å²) in [6.07, 6.45) is 8.65. The van der Waals surface area contributed by atoms with Crippen LogP contribution >= 0.6 is 0 Å². The van der Waals surface area contributed by atoms with E-state index in [9.17, 15) is 0 Å². The highest BCUT2D eigenvalue weighted by molar-refractivity contribution is 6.09. The fourth-order valence-corrected chi connectivity index (χ4v) is 4.31. The van der Waals surface area contributed by atoms with Crippen LogP contribution in [0.15, 0.2) is 72.4 Å². The normalized spacial score (nSPS) is 14.8. The van der Waals surface area contributed by atoms with E-state index in [0.717, 1.165) is 78.2 Å². The summed E-state index contributed by atoms with van der Waals surface area (Å²) in [6, 6.07) is 14.0. The molecule has 4 heterocycles. The van der Waals surface area contributed by atoms with E-state index in [1.165, 1.54) is 0 Å². The number of rotatable bonds is 10. The second-order valence-electron chi connectivity index (χ2n) is 8.88. The maximum absolute atomic E-state index is 5.98. The molecule has 1 aliphatic rings. The van der Waals surface area contributed by atoms with Gasteiger partial charge in [0.1, 0.15) is 30.1 Å². The molecule has 10 heteroatoms. The monoisotopic (exact) mass is 512 g/mol. The van der Waals surface area contributed by atoms with Gasteiger partial charge in [-0.1, -0.05) is 24.3 Å². The van der Waals surface area contributed by atoms with Crippen LogP contribution in [-0.2, 0) is 11.3 Å². The molecule has 0 radical (unpaired) electrons. The minimum absolute atomic E-state index is 0.624. The molecular weight excluding hydrogens is 480 g/mol. The van der Waals surface area contributed by atoms with Crippen LogP contribution in [0.3, 0.4) is 0 Å². The lowest BCUT2D eigenvalue weighted by Gasteiger charge is -2.26. The van der Waals surface area contributed by atoms with Gasteiger partial charge in [-0.15, -0.1) is 0 Å². The minimum Gasteiger partial charge on any atom is -0.492 e. The van der Waals surface area contributed by atoms with E-state index in [1.54, 1.807) is 25.8 Å². The average molecular weight is 513 g/mol. The first-order chi connectivity index (χ1) is 18.7. The largest absolute Gasteiger partial charge is 0.492 e. The molecule has 1 fully saturated rings. The van der Waals surface area contributed by atoms with Crippen molar-refractivity contribution < 1.29 is 9.47 Å².